The monoisotopic (exact) mass is 634 g/mol. The zero-order valence-electron chi connectivity index (χ0n) is 26.3. The SMILES string of the molecule is CN(C(=O)[C@@H](Cc1ccc2ccccc2c1)NC(=O)/C=C/CC(C)(C)N)[C@H](Cc1cccs1)C(=O)N[C@@H](CCCCN)C(N)=O. The Bertz CT molecular complexity index is 1470. The molecule has 8 N–H and O–H groups in total. The van der Waals surface area contributed by atoms with E-state index >= 15 is 0 Å². The number of likely N-dealkylation sites (N-methyl/N-ethyl adjacent to an activating group) is 1. The highest BCUT2D eigenvalue weighted by molar-refractivity contribution is 7.09. The van der Waals surface area contributed by atoms with Crippen LogP contribution in [0.1, 0.15) is 50.0 Å². The molecule has 45 heavy (non-hydrogen) atoms. The normalized spacial score (nSPS) is 13.7. The molecule has 4 amide bonds. The number of unbranched alkanes of at least 4 members (excludes halogenated alkanes) is 1. The highest BCUT2D eigenvalue weighted by Crippen LogP contribution is 2.19. The number of carbonyl (C=O) groups is 4. The number of amides is 4. The number of carbonyl (C=O) groups excluding carboxylic acids is 4. The summed E-state index contributed by atoms with van der Waals surface area (Å²) in [6.07, 6.45) is 5.59. The van der Waals surface area contributed by atoms with Crippen LogP contribution in [-0.4, -0.2) is 65.8 Å². The molecule has 0 radical (unpaired) electrons. The maximum Gasteiger partial charge on any atom is 0.245 e. The summed E-state index contributed by atoms with van der Waals surface area (Å²) < 4.78 is 0. The van der Waals surface area contributed by atoms with Gasteiger partial charge in [-0.1, -0.05) is 54.6 Å². The van der Waals surface area contributed by atoms with E-state index in [0.717, 1.165) is 21.2 Å². The summed E-state index contributed by atoms with van der Waals surface area (Å²) in [4.78, 5) is 55.3. The minimum Gasteiger partial charge on any atom is -0.368 e. The van der Waals surface area contributed by atoms with E-state index in [1.165, 1.54) is 22.3 Å². The first-order chi connectivity index (χ1) is 21.4. The largest absolute Gasteiger partial charge is 0.368 e. The number of nitrogens with zero attached hydrogens (tertiary/aromatic N) is 1. The first-order valence-electron chi connectivity index (χ1n) is 15.2. The Morgan fingerprint density at radius 3 is 2.33 bits per heavy atom. The fourth-order valence-electron chi connectivity index (χ4n) is 4.96. The number of hydrogen-bond donors (Lipinski definition) is 5. The molecule has 0 saturated carbocycles. The van der Waals surface area contributed by atoms with E-state index in [9.17, 15) is 19.2 Å². The molecule has 0 aliphatic carbocycles. The van der Waals surface area contributed by atoms with Crippen molar-refractivity contribution in [3.05, 3.63) is 82.6 Å². The van der Waals surface area contributed by atoms with E-state index in [4.69, 9.17) is 17.2 Å². The zero-order chi connectivity index (χ0) is 33.0. The van der Waals surface area contributed by atoms with E-state index in [1.807, 2.05) is 73.8 Å². The van der Waals surface area contributed by atoms with Gasteiger partial charge in [0.1, 0.15) is 18.1 Å². The maximum absolute atomic E-state index is 14.2. The van der Waals surface area contributed by atoms with Crippen LogP contribution in [0, 0.1) is 0 Å². The lowest BCUT2D eigenvalue weighted by atomic mass is 9.99. The van der Waals surface area contributed by atoms with Gasteiger partial charge >= 0.3 is 0 Å². The first-order valence-corrected chi connectivity index (χ1v) is 16.1. The number of benzene rings is 2. The molecule has 2 aromatic carbocycles. The Morgan fingerprint density at radius 1 is 0.956 bits per heavy atom. The van der Waals surface area contributed by atoms with Crippen LogP contribution in [0.3, 0.4) is 0 Å². The van der Waals surface area contributed by atoms with Crippen molar-refractivity contribution in [3.8, 4) is 0 Å². The van der Waals surface area contributed by atoms with Gasteiger partial charge in [-0.25, -0.2) is 0 Å². The van der Waals surface area contributed by atoms with Crippen LogP contribution in [-0.2, 0) is 32.0 Å². The summed E-state index contributed by atoms with van der Waals surface area (Å²) in [5.41, 5.74) is 17.6. The molecule has 0 spiro atoms. The smallest absolute Gasteiger partial charge is 0.245 e. The van der Waals surface area contributed by atoms with Crippen LogP contribution in [0.15, 0.2) is 72.1 Å². The van der Waals surface area contributed by atoms with Crippen LogP contribution >= 0.6 is 11.3 Å². The van der Waals surface area contributed by atoms with Crippen LogP contribution < -0.4 is 27.8 Å². The average Bonchev–Trinajstić information content (AvgIpc) is 3.51. The summed E-state index contributed by atoms with van der Waals surface area (Å²) >= 11 is 1.46. The Morgan fingerprint density at radius 2 is 1.69 bits per heavy atom. The van der Waals surface area contributed by atoms with Crippen molar-refractivity contribution in [2.24, 2.45) is 17.2 Å². The van der Waals surface area contributed by atoms with Crippen LogP contribution in [0.25, 0.3) is 10.8 Å². The van der Waals surface area contributed by atoms with Gasteiger partial charge in [-0.3, -0.25) is 19.2 Å². The topological polar surface area (TPSA) is 174 Å². The third-order valence-corrected chi connectivity index (χ3v) is 8.38. The second kappa shape index (κ2) is 16.9. The van der Waals surface area contributed by atoms with Crippen molar-refractivity contribution in [1.29, 1.82) is 0 Å². The lowest BCUT2D eigenvalue weighted by molar-refractivity contribution is -0.142. The lowest BCUT2D eigenvalue weighted by Gasteiger charge is -2.31. The highest BCUT2D eigenvalue weighted by Gasteiger charge is 2.34. The molecule has 0 fully saturated rings. The standard InChI is InChI=1S/C34H46N6O4S/c1-34(2,37)17-8-14-30(41)38-28(21-23-15-16-24-10-4-5-11-25(24)20-23)33(44)40(3)29(22-26-12-9-19-45-26)32(43)39-27(31(36)42)13-6-7-18-35/h4-5,8-12,14-16,19-20,27-29H,6-7,13,17-18,21-22,35,37H2,1-3H3,(H2,36,42)(H,38,41)(H,39,43)/b14-8+/t27-,28+,29+/m0/s1. The van der Waals surface area contributed by atoms with Gasteiger partial charge in [0.2, 0.25) is 23.6 Å². The molecular weight excluding hydrogens is 588 g/mol. The molecule has 10 nitrogen and oxygen atoms in total. The van der Waals surface area contributed by atoms with Crippen molar-refractivity contribution in [2.75, 3.05) is 13.6 Å². The summed E-state index contributed by atoms with van der Waals surface area (Å²) in [5, 5.41) is 9.57. The maximum atomic E-state index is 14.2. The minimum atomic E-state index is -0.977. The van der Waals surface area contributed by atoms with Crippen molar-refractivity contribution < 1.29 is 19.2 Å². The Kier molecular flexibility index (Phi) is 13.3. The van der Waals surface area contributed by atoms with Crippen molar-refractivity contribution in [2.45, 2.75) is 76.0 Å². The lowest BCUT2D eigenvalue weighted by Crippen LogP contribution is -2.57. The molecule has 0 bridgehead atoms. The zero-order valence-corrected chi connectivity index (χ0v) is 27.1. The summed E-state index contributed by atoms with van der Waals surface area (Å²) in [6, 6.07) is 14.7. The van der Waals surface area contributed by atoms with Gasteiger partial charge in [0.15, 0.2) is 0 Å². The molecule has 1 heterocycles. The van der Waals surface area contributed by atoms with Crippen LogP contribution in [0.2, 0.25) is 0 Å². The second-order valence-corrected chi connectivity index (χ2v) is 13.1. The number of nitrogens with one attached hydrogen (secondary N) is 2. The van der Waals surface area contributed by atoms with Crippen molar-refractivity contribution in [1.82, 2.24) is 15.5 Å². The van der Waals surface area contributed by atoms with E-state index in [2.05, 4.69) is 10.6 Å². The first kappa shape index (κ1) is 35.4. The minimum absolute atomic E-state index is 0.201. The second-order valence-electron chi connectivity index (χ2n) is 12.0. The molecule has 11 heteroatoms. The summed E-state index contributed by atoms with van der Waals surface area (Å²) in [5.74, 6) is -2.05. The third-order valence-electron chi connectivity index (χ3n) is 7.48. The van der Waals surface area contributed by atoms with Gasteiger partial charge < -0.3 is 32.7 Å². The number of fused-ring (bicyclic) bond motifs is 1. The van der Waals surface area contributed by atoms with E-state index in [1.54, 1.807) is 13.1 Å². The number of hydrogen-bond acceptors (Lipinski definition) is 7. The molecule has 0 aliphatic heterocycles. The molecule has 1 aromatic heterocycles. The summed E-state index contributed by atoms with van der Waals surface area (Å²) in [6.45, 7) is 4.17. The van der Waals surface area contributed by atoms with Gasteiger partial charge in [0, 0.05) is 30.3 Å². The van der Waals surface area contributed by atoms with Crippen molar-refractivity contribution in [3.63, 3.8) is 0 Å². The van der Waals surface area contributed by atoms with Crippen molar-refractivity contribution >= 4 is 45.7 Å². The third kappa shape index (κ3) is 11.4. The molecule has 3 rings (SSSR count). The highest BCUT2D eigenvalue weighted by atomic mass is 32.1. The number of thiophene rings is 1. The Labute approximate surface area is 269 Å². The molecule has 0 unspecified atom stereocenters. The van der Waals surface area contributed by atoms with Gasteiger partial charge in [-0.2, -0.15) is 0 Å². The van der Waals surface area contributed by atoms with Gasteiger partial charge in [0.05, 0.1) is 0 Å². The fourth-order valence-corrected chi connectivity index (χ4v) is 5.70. The summed E-state index contributed by atoms with van der Waals surface area (Å²) in [7, 11) is 1.54. The Hall–Kier alpha value is -4.06. The van der Waals surface area contributed by atoms with Gasteiger partial charge in [0.25, 0.3) is 0 Å². The molecule has 3 aromatic rings. The van der Waals surface area contributed by atoms with E-state index < -0.39 is 47.3 Å². The number of primary amides is 1. The molecular formula is C34H46N6O4S. The van der Waals surface area contributed by atoms with E-state index in [0.29, 0.717) is 32.2 Å². The number of rotatable bonds is 17. The van der Waals surface area contributed by atoms with Gasteiger partial charge in [-0.05, 0) is 79.9 Å². The molecule has 242 valence electrons. The number of nitrogens with two attached hydrogens (primary N) is 3. The fraction of sp³-hybridized carbons (Fsp3) is 0.412. The predicted molar refractivity (Wildman–Crippen MR) is 180 cm³/mol. The Balaban J connectivity index is 1.90. The average molecular weight is 635 g/mol. The van der Waals surface area contributed by atoms with Crippen LogP contribution in [0.5, 0.6) is 0 Å². The molecule has 0 saturated heterocycles. The molecule has 3 atom stereocenters. The molecule has 0 aliphatic rings. The van der Waals surface area contributed by atoms with Crippen LogP contribution in [0.4, 0.5) is 0 Å². The quantitative estimate of drug-likeness (QED) is 0.113. The van der Waals surface area contributed by atoms with Gasteiger partial charge in [-0.15, -0.1) is 11.3 Å². The van der Waals surface area contributed by atoms with E-state index in [-0.39, 0.29) is 12.8 Å². The predicted octanol–water partition coefficient (Wildman–Crippen LogP) is 2.78.